The molecule has 0 bridgehead atoms. The van der Waals surface area contributed by atoms with Gasteiger partial charge in [0, 0.05) is 38.7 Å². The maximum Gasteiger partial charge on any atom is 0.490 e. The number of H-pyrrole nitrogens is 1. The van der Waals surface area contributed by atoms with Crippen molar-refractivity contribution in [2.24, 2.45) is 5.92 Å². The minimum absolute atomic E-state index is 0.0939. The van der Waals surface area contributed by atoms with Gasteiger partial charge in [0.05, 0.1) is 18.5 Å². The second-order valence-electron chi connectivity index (χ2n) is 7.04. The van der Waals surface area contributed by atoms with E-state index in [1.54, 1.807) is 13.4 Å². The number of alkyl halides is 3. The van der Waals surface area contributed by atoms with Gasteiger partial charge in [-0.05, 0) is 38.1 Å². The Kier molecular flexibility index (Phi) is 7.63. The molecule has 2 N–H and O–H groups in total. The first-order valence-electron chi connectivity index (χ1n) is 8.87. The van der Waals surface area contributed by atoms with E-state index in [0.717, 1.165) is 39.3 Å². The van der Waals surface area contributed by atoms with Crippen molar-refractivity contribution in [3.05, 3.63) is 18.2 Å². The fourth-order valence-corrected chi connectivity index (χ4v) is 3.63. The van der Waals surface area contributed by atoms with Crippen molar-refractivity contribution >= 4 is 5.97 Å². The number of rotatable bonds is 5. The summed E-state index contributed by atoms with van der Waals surface area (Å²) in [6.45, 7) is 4.92. The summed E-state index contributed by atoms with van der Waals surface area (Å²) >= 11 is 0. The van der Waals surface area contributed by atoms with E-state index in [1.165, 1.54) is 25.0 Å². The van der Waals surface area contributed by atoms with Crippen LogP contribution in [0, 0.1) is 5.92 Å². The normalized spacial score (nSPS) is 26.0. The molecule has 10 heteroatoms. The van der Waals surface area contributed by atoms with Crippen molar-refractivity contribution in [3.63, 3.8) is 0 Å². The van der Waals surface area contributed by atoms with Crippen molar-refractivity contribution < 1.29 is 32.5 Å². The first kappa shape index (κ1) is 21.6. The van der Waals surface area contributed by atoms with Crippen LogP contribution in [0.1, 0.15) is 31.4 Å². The summed E-state index contributed by atoms with van der Waals surface area (Å²) in [6.07, 6.45) is 3.33. The summed E-state index contributed by atoms with van der Waals surface area (Å²) in [7, 11) is 1.78. The van der Waals surface area contributed by atoms with Gasteiger partial charge in [-0.15, -0.1) is 0 Å². The van der Waals surface area contributed by atoms with Gasteiger partial charge < -0.3 is 19.6 Å². The molecule has 2 aliphatic rings. The molecule has 0 amide bonds. The molecular weight excluding hydrogens is 367 g/mol. The standard InChI is InChI=1S/C15H25N3O2.C2HF3O2/c1-19-6-3-13-7-15(20-10-13)4-2-5-18(11-15)9-14-8-16-12-17-14;3-2(4,5)1(6)7/h8,12-13H,2-7,9-11H2,1H3,(H,16,17);(H,6,7). The van der Waals surface area contributed by atoms with E-state index < -0.39 is 12.1 Å². The number of carboxylic acid groups (broad SMARTS) is 1. The van der Waals surface area contributed by atoms with Crippen LogP contribution >= 0.6 is 0 Å². The molecule has 3 rings (SSSR count). The lowest BCUT2D eigenvalue weighted by molar-refractivity contribution is -0.192. The Morgan fingerprint density at radius 3 is 2.89 bits per heavy atom. The first-order chi connectivity index (χ1) is 12.7. The molecule has 27 heavy (non-hydrogen) atoms. The zero-order chi connectivity index (χ0) is 19.9. The van der Waals surface area contributed by atoms with Crippen molar-refractivity contribution in [3.8, 4) is 0 Å². The van der Waals surface area contributed by atoms with E-state index in [4.69, 9.17) is 19.4 Å². The first-order valence-corrected chi connectivity index (χ1v) is 8.87. The lowest BCUT2D eigenvalue weighted by Gasteiger charge is -2.39. The number of imidazole rings is 1. The number of likely N-dealkylation sites (tertiary alicyclic amines) is 1. The van der Waals surface area contributed by atoms with Crippen molar-refractivity contribution in [1.82, 2.24) is 14.9 Å². The number of hydrogen-bond donors (Lipinski definition) is 2. The molecule has 2 atom stereocenters. The zero-order valence-corrected chi connectivity index (χ0v) is 15.3. The number of hydrogen-bond acceptors (Lipinski definition) is 5. The second-order valence-corrected chi connectivity index (χ2v) is 7.04. The molecule has 0 saturated carbocycles. The molecule has 2 aliphatic heterocycles. The fourth-order valence-electron chi connectivity index (χ4n) is 3.63. The van der Waals surface area contributed by atoms with Crippen LogP contribution in [0.5, 0.6) is 0 Å². The van der Waals surface area contributed by atoms with Crippen LogP contribution in [-0.4, -0.2) is 71.1 Å². The highest BCUT2D eigenvalue weighted by Crippen LogP contribution is 2.38. The monoisotopic (exact) mass is 393 g/mol. The van der Waals surface area contributed by atoms with E-state index >= 15 is 0 Å². The number of aromatic amines is 1. The Balaban J connectivity index is 0.000000321. The maximum absolute atomic E-state index is 10.6. The minimum Gasteiger partial charge on any atom is -0.475 e. The molecule has 0 radical (unpaired) electrons. The van der Waals surface area contributed by atoms with Gasteiger partial charge in [-0.25, -0.2) is 9.78 Å². The lowest BCUT2D eigenvalue weighted by atomic mass is 9.85. The lowest BCUT2D eigenvalue weighted by Crippen LogP contribution is -2.47. The van der Waals surface area contributed by atoms with Crippen LogP contribution in [0.2, 0.25) is 0 Å². The highest BCUT2D eigenvalue weighted by Gasteiger charge is 2.43. The molecule has 1 aromatic rings. The number of piperidine rings is 1. The number of carbonyl (C=O) groups is 1. The zero-order valence-electron chi connectivity index (χ0n) is 15.3. The number of carboxylic acids is 1. The summed E-state index contributed by atoms with van der Waals surface area (Å²) < 4.78 is 43.1. The van der Waals surface area contributed by atoms with Crippen LogP contribution in [0.3, 0.4) is 0 Å². The van der Waals surface area contributed by atoms with Crippen LogP contribution in [0.4, 0.5) is 13.2 Å². The average molecular weight is 393 g/mol. The predicted octanol–water partition coefficient (Wildman–Crippen LogP) is 2.45. The van der Waals surface area contributed by atoms with Crippen LogP contribution in [-0.2, 0) is 20.8 Å². The number of halogens is 3. The van der Waals surface area contributed by atoms with E-state index in [0.29, 0.717) is 5.92 Å². The van der Waals surface area contributed by atoms with E-state index in [-0.39, 0.29) is 5.60 Å². The van der Waals surface area contributed by atoms with E-state index in [2.05, 4.69) is 14.9 Å². The smallest absolute Gasteiger partial charge is 0.475 e. The molecule has 2 saturated heterocycles. The molecule has 0 aliphatic carbocycles. The number of ether oxygens (including phenoxy) is 2. The Morgan fingerprint density at radius 1 is 1.56 bits per heavy atom. The summed E-state index contributed by atoms with van der Waals surface area (Å²) in [6, 6.07) is 0. The highest BCUT2D eigenvalue weighted by atomic mass is 19.4. The third kappa shape index (κ3) is 6.78. The van der Waals surface area contributed by atoms with Gasteiger partial charge in [-0.2, -0.15) is 13.2 Å². The number of nitrogens with zero attached hydrogens (tertiary/aromatic N) is 2. The summed E-state index contributed by atoms with van der Waals surface area (Å²) in [5, 5.41) is 7.12. The number of nitrogens with one attached hydrogen (secondary N) is 1. The maximum atomic E-state index is 10.6. The minimum atomic E-state index is -5.08. The third-order valence-corrected chi connectivity index (χ3v) is 4.83. The van der Waals surface area contributed by atoms with Gasteiger partial charge in [0.2, 0.25) is 0 Å². The highest BCUT2D eigenvalue weighted by molar-refractivity contribution is 5.73. The van der Waals surface area contributed by atoms with Crippen molar-refractivity contribution in [2.75, 3.05) is 33.4 Å². The molecule has 0 aromatic carbocycles. The molecular formula is C17H26F3N3O4. The molecule has 3 heterocycles. The van der Waals surface area contributed by atoms with Crippen molar-refractivity contribution in [1.29, 1.82) is 0 Å². The molecule has 7 nitrogen and oxygen atoms in total. The Bertz CT molecular complexity index is 582. The van der Waals surface area contributed by atoms with Gasteiger partial charge in [0.1, 0.15) is 0 Å². The Morgan fingerprint density at radius 2 is 2.30 bits per heavy atom. The number of aliphatic carboxylic acids is 1. The van der Waals surface area contributed by atoms with Gasteiger partial charge in [-0.3, -0.25) is 4.90 Å². The van der Waals surface area contributed by atoms with Gasteiger partial charge in [0.25, 0.3) is 0 Å². The number of methoxy groups -OCH3 is 1. The summed E-state index contributed by atoms with van der Waals surface area (Å²) in [5.41, 5.74) is 1.28. The summed E-state index contributed by atoms with van der Waals surface area (Å²) in [5.74, 6) is -2.09. The molecule has 2 fully saturated rings. The Labute approximate surface area is 155 Å². The molecule has 2 unspecified atom stereocenters. The van der Waals surface area contributed by atoms with Gasteiger partial charge in [0.15, 0.2) is 0 Å². The molecule has 1 aromatic heterocycles. The predicted molar refractivity (Wildman–Crippen MR) is 90.1 cm³/mol. The van der Waals surface area contributed by atoms with Crippen molar-refractivity contribution in [2.45, 2.75) is 44.0 Å². The van der Waals surface area contributed by atoms with Crippen LogP contribution in [0.25, 0.3) is 0 Å². The quantitative estimate of drug-likeness (QED) is 0.799. The van der Waals surface area contributed by atoms with E-state index in [9.17, 15) is 13.2 Å². The largest absolute Gasteiger partial charge is 0.490 e. The Hall–Kier alpha value is -1.65. The molecule has 1 spiro atoms. The third-order valence-electron chi connectivity index (χ3n) is 4.83. The topological polar surface area (TPSA) is 87.7 Å². The average Bonchev–Trinajstić information content (AvgIpc) is 3.23. The van der Waals surface area contributed by atoms with E-state index in [1.807, 2.05) is 6.20 Å². The van der Waals surface area contributed by atoms with Gasteiger partial charge in [-0.1, -0.05) is 0 Å². The van der Waals surface area contributed by atoms with Crippen LogP contribution < -0.4 is 0 Å². The summed E-state index contributed by atoms with van der Waals surface area (Å²) in [4.78, 5) is 18.7. The second kappa shape index (κ2) is 9.52. The number of aromatic nitrogens is 2. The molecule has 154 valence electrons. The van der Waals surface area contributed by atoms with Crippen LogP contribution in [0.15, 0.2) is 12.5 Å². The fraction of sp³-hybridized carbons (Fsp3) is 0.765. The van der Waals surface area contributed by atoms with Gasteiger partial charge >= 0.3 is 12.1 Å². The SMILES string of the molecule is COCCC1COC2(CCCN(Cc3cnc[nH]3)C2)C1.O=C(O)C(F)(F)F.